The summed E-state index contributed by atoms with van der Waals surface area (Å²) in [6.07, 6.45) is 8.98. The normalized spacial score (nSPS) is 43.1. The molecular formula is C16H27NO. The minimum Gasteiger partial charge on any atom is -0.308 e. The van der Waals surface area contributed by atoms with Crippen molar-refractivity contribution in [3.8, 4) is 0 Å². The molecule has 0 radical (unpaired) electrons. The van der Waals surface area contributed by atoms with Crippen LogP contribution in [0.4, 0.5) is 0 Å². The Hall–Kier alpha value is -0.370. The van der Waals surface area contributed by atoms with Gasteiger partial charge in [-0.1, -0.05) is 6.92 Å². The number of rotatable bonds is 5. The second-order valence-corrected chi connectivity index (χ2v) is 7.24. The summed E-state index contributed by atoms with van der Waals surface area (Å²) in [6, 6.07) is 0.0706. The molecule has 0 amide bonds. The lowest BCUT2D eigenvalue weighted by molar-refractivity contribution is -0.145. The molecule has 1 atom stereocenters. The summed E-state index contributed by atoms with van der Waals surface area (Å²) in [5, 5.41) is 3.41. The van der Waals surface area contributed by atoms with Crippen molar-refractivity contribution in [1.29, 1.82) is 0 Å². The molecule has 0 unspecified atom stereocenters. The SMILES string of the molecule is CCCN[C@@H](C)C(=O)C12CC3CC(CC(C3)C1)C2. The van der Waals surface area contributed by atoms with Gasteiger partial charge < -0.3 is 5.32 Å². The van der Waals surface area contributed by atoms with Crippen molar-refractivity contribution in [3.05, 3.63) is 0 Å². The summed E-state index contributed by atoms with van der Waals surface area (Å²) in [5.41, 5.74) is 0.0783. The van der Waals surface area contributed by atoms with Gasteiger partial charge in [0.1, 0.15) is 0 Å². The Morgan fingerprint density at radius 1 is 1.17 bits per heavy atom. The van der Waals surface area contributed by atoms with Gasteiger partial charge in [0, 0.05) is 5.41 Å². The molecule has 0 aliphatic heterocycles. The molecule has 2 heteroatoms. The molecule has 0 saturated heterocycles. The summed E-state index contributed by atoms with van der Waals surface area (Å²) in [5.74, 6) is 3.16. The van der Waals surface area contributed by atoms with E-state index >= 15 is 0 Å². The minimum absolute atomic E-state index is 0.0706. The maximum atomic E-state index is 12.8. The van der Waals surface area contributed by atoms with Gasteiger partial charge in [0.25, 0.3) is 0 Å². The first-order valence-corrected chi connectivity index (χ1v) is 7.90. The van der Waals surface area contributed by atoms with Crippen LogP contribution < -0.4 is 5.32 Å². The van der Waals surface area contributed by atoms with Crippen molar-refractivity contribution >= 4 is 5.78 Å². The largest absolute Gasteiger partial charge is 0.308 e. The van der Waals surface area contributed by atoms with Gasteiger partial charge in [0.05, 0.1) is 6.04 Å². The van der Waals surface area contributed by atoms with Crippen LogP contribution >= 0.6 is 0 Å². The number of carbonyl (C=O) groups is 1. The van der Waals surface area contributed by atoms with Crippen LogP contribution in [0.2, 0.25) is 0 Å². The van der Waals surface area contributed by atoms with Crippen molar-refractivity contribution in [1.82, 2.24) is 5.32 Å². The molecule has 0 spiro atoms. The van der Waals surface area contributed by atoms with Gasteiger partial charge >= 0.3 is 0 Å². The maximum Gasteiger partial charge on any atom is 0.155 e. The number of hydrogen-bond donors (Lipinski definition) is 1. The summed E-state index contributed by atoms with van der Waals surface area (Å²) in [7, 11) is 0. The quantitative estimate of drug-likeness (QED) is 0.811. The van der Waals surface area contributed by atoms with Gasteiger partial charge in [-0.05, 0) is 76.2 Å². The maximum absolute atomic E-state index is 12.8. The Bertz CT molecular complexity index is 301. The van der Waals surface area contributed by atoms with Gasteiger partial charge in [-0.3, -0.25) is 4.79 Å². The van der Waals surface area contributed by atoms with Crippen molar-refractivity contribution < 1.29 is 4.79 Å². The zero-order chi connectivity index (χ0) is 12.8. The van der Waals surface area contributed by atoms with Gasteiger partial charge in [0.2, 0.25) is 0 Å². The van der Waals surface area contributed by atoms with E-state index in [1.165, 1.54) is 38.5 Å². The smallest absolute Gasteiger partial charge is 0.155 e. The molecule has 4 saturated carbocycles. The number of nitrogens with one attached hydrogen (secondary N) is 1. The fourth-order valence-corrected chi connectivity index (χ4v) is 5.33. The lowest BCUT2D eigenvalue weighted by atomic mass is 9.48. The van der Waals surface area contributed by atoms with E-state index in [-0.39, 0.29) is 11.5 Å². The highest BCUT2D eigenvalue weighted by Gasteiger charge is 2.54. The monoisotopic (exact) mass is 249 g/mol. The van der Waals surface area contributed by atoms with E-state index in [1.807, 2.05) is 0 Å². The second-order valence-electron chi connectivity index (χ2n) is 7.24. The van der Waals surface area contributed by atoms with E-state index in [4.69, 9.17) is 0 Å². The fourth-order valence-electron chi connectivity index (χ4n) is 5.33. The van der Waals surface area contributed by atoms with Crippen LogP contribution in [0.3, 0.4) is 0 Å². The molecule has 4 rings (SSSR count). The third kappa shape index (κ3) is 2.03. The lowest BCUT2D eigenvalue weighted by Gasteiger charge is -2.56. The molecule has 18 heavy (non-hydrogen) atoms. The van der Waals surface area contributed by atoms with E-state index in [2.05, 4.69) is 19.2 Å². The lowest BCUT2D eigenvalue weighted by Crippen LogP contribution is -2.54. The van der Waals surface area contributed by atoms with Crippen molar-refractivity contribution in [2.75, 3.05) is 6.54 Å². The van der Waals surface area contributed by atoms with E-state index in [0.29, 0.717) is 5.78 Å². The zero-order valence-corrected chi connectivity index (χ0v) is 11.9. The van der Waals surface area contributed by atoms with E-state index in [0.717, 1.165) is 30.7 Å². The van der Waals surface area contributed by atoms with Crippen molar-refractivity contribution in [2.45, 2.75) is 64.8 Å². The molecule has 102 valence electrons. The highest BCUT2D eigenvalue weighted by atomic mass is 16.1. The number of hydrogen-bond acceptors (Lipinski definition) is 2. The fraction of sp³-hybridized carbons (Fsp3) is 0.938. The van der Waals surface area contributed by atoms with Gasteiger partial charge in [-0.2, -0.15) is 0 Å². The topological polar surface area (TPSA) is 29.1 Å². The first kappa shape index (κ1) is 12.7. The van der Waals surface area contributed by atoms with Crippen LogP contribution in [0.1, 0.15) is 58.8 Å². The zero-order valence-electron chi connectivity index (χ0n) is 11.9. The standard InChI is InChI=1S/C16H27NO/c1-3-4-17-11(2)15(18)16-8-12-5-13(9-16)7-14(6-12)10-16/h11-14,17H,3-10H2,1-2H3/t11-,12?,13?,14?,16?/m0/s1. The predicted octanol–water partition coefficient (Wildman–Crippen LogP) is 3.16. The average molecular weight is 249 g/mol. The Morgan fingerprint density at radius 3 is 2.11 bits per heavy atom. The number of ketones is 1. The first-order chi connectivity index (χ1) is 8.63. The molecule has 4 aliphatic carbocycles. The van der Waals surface area contributed by atoms with Crippen LogP contribution in [0.5, 0.6) is 0 Å². The molecule has 4 fully saturated rings. The third-order valence-electron chi connectivity index (χ3n) is 5.65. The third-order valence-corrected chi connectivity index (χ3v) is 5.65. The van der Waals surface area contributed by atoms with Gasteiger partial charge in [-0.15, -0.1) is 0 Å². The van der Waals surface area contributed by atoms with Crippen LogP contribution in [-0.4, -0.2) is 18.4 Å². The second kappa shape index (κ2) is 4.63. The number of carbonyl (C=O) groups excluding carboxylic acids is 1. The van der Waals surface area contributed by atoms with E-state index in [9.17, 15) is 4.79 Å². The molecular weight excluding hydrogens is 222 g/mol. The Balaban J connectivity index is 1.72. The van der Waals surface area contributed by atoms with E-state index < -0.39 is 0 Å². The molecule has 4 aliphatic rings. The summed E-state index contributed by atoms with van der Waals surface area (Å²) >= 11 is 0. The van der Waals surface area contributed by atoms with Crippen LogP contribution in [0.25, 0.3) is 0 Å². The molecule has 4 bridgehead atoms. The molecule has 0 aromatic rings. The first-order valence-electron chi connectivity index (χ1n) is 7.90. The highest BCUT2D eigenvalue weighted by molar-refractivity contribution is 5.89. The number of Topliss-reactive ketones (excluding diaryl/α,β-unsaturated/α-hetero) is 1. The predicted molar refractivity (Wildman–Crippen MR) is 73.4 cm³/mol. The molecule has 0 aromatic heterocycles. The molecule has 0 aromatic carbocycles. The van der Waals surface area contributed by atoms with Crippen LogP contribution in [0, 0.1) is 23.2 Å². The molecule has 2 nitrogen and oxygen atoms in total. The minimum atomic E-state index is 0.0706. The molecule has 0 heterocycles. The van der Waals surface area contributed by atoms with E-state index in [1.54, 1.807) is 0 Å². The Kier molecular flexibility index (Phi) is 3.25. The molecule has 1 N–H and O–H groups in total. The van der Waals surface area contributed by atoms with Gasteiger partial charge in [0.15, 0.2) is 5.78 Å². The summed E-state index contributed by atoms with van der Waals surface area (Å²) in [6.45, 7) is 5.21. The highest BCUT2D eigenvalue weighted by Crippen LogP contribution is 2.60. The van der Waals surface area contributed by atoms with Crippen molar-refractivity contribution in [2.24, 2.45) is 23.2 Å². The Morgan fingerprint density at radius 2 is 1.67 bits per heavy atom. The van der Waals surface area contributed by atoms with Crippen LogP contribution in [0.15, 0.2) is 0 Å². The summed E-state index contributed by atoms with van der Waals surface area (Å²) in [4.78, 5) is 12.8. The Labute approximate surface area is 111 Å². The average Bonchev–Trinajstić information content (AvgIpc) is 2.33. The van der Waals surface area contributed by atoms with Crippen LogP contribution in [-0.2, 0) is 4.79 Å². The van der Waals surface area contributed by atoms with Crippen molar-refractivity contribution in [3.63, 3.8) is 0 Å². The summed E-state index contributed by atoms with van der Waals surface area (Å²) < 4.78 is 0. The van der Waals surface area contributed by atoms with Gasteiger partial charge in [-0.25, -0.2) is 0 Å².